The van der Waals surface area contributed by atoms with E-state index in [9.17, 15) is 14.9 Å². The van der Waals surface area contributed by atoms with Crippen molar-refractivity contribution in [1.29, 1.82) is 5.26 Å². The van der Waals surface area contributed by atoms with Crippen molar-refractivity contribution in [2.24, 2.45) is 0 Å². The molecule has 5 aromatic rings. The van der Waals surface area contributed by atoms with Crippen molar-refractivity contribution >= 4 is 39.8 Å². The molecule has 8 heteroatoms. The van der Waals surface area contributed by atoms with E-state index >= 15 is 0 Å². The van der Waals surface area contributed by atoms with Gasteiger partial charge in [-0.2, -0.15) is 5.26 Å². The Labute approximate surface area is 206 Å². The van der Waals surface area contributed by atoms with Gasteiger partial charge in [0.1, 0.15) is 17.4 Å². The molecule has 8 nitrogen and oxygen atoms in total. The Morgan fingerprint density at radius 2 is 1.86 bits per heavy atom. The van der Waals surface area contributed by atoms with Gasteiger partial charge in [-0.1, -0.05) is 36.4 Å². The number of carbonyl (C=O) groups is 2. The third kappa shape index (κ3) is 4.50. The molecule has 36 heavy (non-hydrogen) atoms. The van der Waals surface area contributed by atoms with Crippen molar-refractivity contribution in [2.45, 2.75) is 13.0 Å². The van der Waals surface area contributed by atoms with Crippen molar-refractivity contribution in [3.8, 4) is 6.07 Å². The maximum atomic E-state index is 12.8. The molecule has 1 amide bonds. The van der Waals surface area contributed by atoms with Crippen LogP contribution in [0.4, 0.5) is 0 Å². The van der Waals surface area contributed by atoms with Crippen LogP contribution >= 0.6 is 0 Å². The number of para-hydroxylation sites is 2. The first-order valence-corrected chi connectivity index (χ1v) is 11.4. The number of carboxylic acids is 1. The van der Waals surface area contributed by atoms with Gasteiger partial charge in [-0.25, -0.2) is 4.79 Å². The largest absolute Gasteiger partial charge is 0.475 e. The molecule has 5 rings (SSSR count). The highest BCUT2D eigenvalue weighted by molar-refractivity contribution is 6.04. The minimum atomic E-state index is -1.13. The summed E-state index contributed by atoms with van der Waals surface area (Å²) >= 11 is 0. The first-order valence-electron chi connectivity index (χ1n) is 11.4. The van der Waals surface area contributed by atoms with Gasteiger partial charge in [0.2, 0.25) is 5.76 Å². The zero-order valence-electron chi connectivity index (χ0n) is 19.2. The summed E-state index contributed by atoms with van der Waals surface area (Å²) in [6.07, 6.45) is 5.97. The number of furan rings is 1. The summed E-state index contributed by atoms with van der Waals surface area (Å²) in [6.45, 7) is 0.701. The van der Waals surface area contributed by atoms with Gasteiger partial charge < -0.3 is 24.4 Å². The van der Waals surface area contributed by atoms with Crippen molar-refractivity contribution in [2.75, 3.05) is 6.54 Å². The number of hydrogen-bond donors (Lipinski definition) is 3. The lowest BCUT2D eigenvalue weighted by Crippen LogP contribution is -2.26. The SMILES string of the molecule is N#C/C(=C/c1cn(Cc2ccc(C(=O)O)o2)c2ccccc12)C(=O)NCCc1c[nH]c2ccccc12. The summed E-state index contributed by atoms with van der Waals surface area (Å²) in [6, 6.07) is 20.6. The first kappa shape index (κ1) is 22.7. The monoisotopic (exact) mass is 478 g/mol. The number of carboxylic acid groups (broad SMARTS) is 1. The van der Waals surface area contributed by atoms with Crippen molar-refractivity contribution in [1.82, 2.24) is 14.9 Å². The number of H-pyrrole nitrogens is 1. The smallest absolute Gasteiger partial charge is 0.371 e. The van der Waals surface area contributed by atoms with Crippen molar-refractivity contribution in [3.05, 3.63) is 101 Å². The topological polar surface area (TPSA) is 124 Å². The number of amides is 1. The number of hydrogen-bond acceptors (Lipinski definition) is 4. The Kier molecular flexibility index (Phi) is 6.12. The van der Waals surface area contributed by atoms with E-state index < -0.39 is 11.9 Å². The number of aromatic carboxylic acids is 1. The second-order valence-electron chi connectivity index (χ2n) is 8.34. The average Bonchev–Trinajstić information content (AvgIpc) is 3.61. The van der Waals surface area contributed by atoms with E-state index in [0.717, 1.165) is 27.4 Å². The normalized spacial score (nSPS) is 11.6. The van der Waals surface area contributed by atoms with E-state index in [1.807, 2.05) is 71.6 Å². The van der Waals surface area contributed by atoms with Gasteiger partial charge in [-0.3, -0.25) is 4.79 Å². The number of fused-ring (bicyclic) bond motifs is 2. The van der Waals surface area contributed by atoms with Crippen LogP contribution in [0.15, 0.2) is 83.0 Å². The molecule has 2 aromatic carbocycles. The molecule has 0 radical (unpaired) electrons. The summed E-state index contributed by atoms with van der Waals surface area (Å²) in [7, 11) is 0. The van der Waals surface area contributed by atoms with Gasteiger partial charge in [-0.15, -0.1) is 0 Å². The Morgan fingerprint density at radius 1 is 1.08 bits per heavy atom. The number of aromatic nitrogens is 2. The van der Waals surface area contributed by atoms with Crippen LogP contribution in [0, 0.1) is 11.3 Å². The van der Waals surface area contributed by atoms with E-state index in [0.29, 0.717) is 30.8 Å². The number of aromatic amines is 1. The number of rotatable bonds is 8. The molecule has 0 saturated heterocycles. The average molecular weight is 479 g/mol. The van der Waals surface area contributed by atoms with Gasteiger partial charge in [0.25, 0.3) is 5.91 Å². The van der Waals surface area contributed by atoms with Crippen LogP contribution in [0.5, 0.6) is 0 Å². The van der Waals surface area contributed by atoms with Crippen LogP contribution in [-0.4, -0.2) is 33.1 Å². The van der Waals surface area contributed by atoms with Crippen LogP contribution in [0.2, 0.25) is 0 Å². The third-order valence-electron chi connectivity index (χ3n) is 6.04. The third-order valence-corrected chi connectivity index (χ3v) is 6.04. The van der Waals surface area contributed by atoms with E-state index in [1.54, 1.807) is 12.1 Å². The van der Waals surface area contributed by atoms with Gasteiger partial charge >= 0.3 is 5.97 Å². The van der Waals surface area contributed by atoms with Crippen molar-refractivity contribution < 1.29 is 19.1 Å². The minimum Gasteiger partial charge on any atom is -0.475 e. The quantitative estimate of drug-likeness (QED) is 0.220. The summed E-state index contributed by atoms with van der Waals surface area (Å²) in [4.78, 5) is 27.1. The highest BCUT2D eigenvalue weighted by Gasteiger charge is 2.15. The highest BCUT2D eigenvalue weighted by Crippen LogP contribution is 2.25. The van der Waals surface area contributed by atoms with Crippen LogP contribution in [0.25, 0.3) is 27.9 Å². The second kappa shape index (κ2) is 9.68. The number of carbonyl (C=O) groups excluding carboxylic acids is 1. The van der Waals surface area contributed by atoms with Gasteiger partial charge in [0.05, 0.1) is 6.54 Å². The van der Waals surface area contributed by atoms with Crippen LogP contribution < -0.4 is 5.32 Å². The highest BCUT2D eigenvalue weighted by atomic mass is 16.4. The number of nitrogens with one attached hydrogen (secondary N) is 2. The molecule has 0 aliphatic rings. The molecule has 0 saturated carbocycles. The van der Waals surface area contributed by atoms with Crippen LogP contribution in [0.1, 0.15) is 27.4 Å². The molecule has 0 bridgehead atoms. The molecule has 0 spiro atoms. The molecule has 0 fully saturated rings. The fourth-order valence-corrected chi connectivity index (χ4v) is 4.32. The lowest BCUT2D eigenvalue weighted by atomic mass is 10.1. The lowest BCUT2D eigenvalue weighted by Gasteiger charge is -2.04. The van der Waals surface area contributed by atoms with E-state index in [2.05, 4.69) is 10.3 Å². The van der Waals surface area contributed by atoms with Gasteiger partial charge in [0, 0.05) is 46.3 Å². The fraction of sp³-hybridized carbons (Fsp3) is 0.107. The zero-order valence-corrected chi connectivity index (χ0v) is 19.2. The van der Waals surface area contributed by atoms with Crippen LogP contribution in [-0.2, 0) is 17.8 Å². The summed E-state index contributed by atoms with van der Waals surface area (Å²) in [5.74, 6) is -1.21. The number of nitriles is 1. The van der Waals surface area contributed by atoms with Gasteiger partial charge in [-0.05, 0) is 42.3 Å². The molecule has 3 heterocycles. The molecule has 3 aromatic heterocycles. The molecule has 0 unspecified atom stereocenters. The summed E-state index contributed by atoms with van der Waals surface area (Å²) in [5.41, 5.74) is 3.72. The molecule has 0 aliphatic carbocycles. The minimum absolute atomic E-state index is 0.00277. The maximum absolute atomic E-state index is 12.8. The molecular formula is C28H22N4O4. The molecule has 3 N–H and O–H groups in total. The number of nitrogens with zero attached hydrogens (tertiary/aromatic N) is 2. The zero-order chi connectivity index (χ0) is 25.1. The Hall–Kier alpha value is -5.03. The predicted molar refractivity (Wildman–Crippen MR) is 135 cm³/mol. The summed E-state index contributed by atoms with van der Waals surface area (Å²) in [5, 5.41) is 23.6. The maximum Gasteiger partial charge on any atom is 0.371 e. The molecule has 0 atom stereocenters. The molecule has 178 valence electrons. The molecular weight excluding hydrogens is 456 g/mol. The standard InChI is InChI=1S/C28H22N4O4/c29-14-19(27(33)30-12-11-18-15-31-24-7-3-1-5-22(18)24)13-20-16-32(25-8-4-2-6-23(20)25)17-21-9-10-26(36-21)28(34)35/h1-10,13,15-16,31H,11-12,17H2,(H,30,33)(H,34,35)/b19-13-. The lowest BCUT2D eigenvalue weighted by molar-refractivity contribution is -0.117. The van der Waals surface area contributed by atoms with Gasteiger partial charge in [0.15, 0.2) is 0 Å². The Balaban J connectivity index is 1.34. The van der Waals surface area contributed by atoms with Crippen LogP contribution in [0.3, 0.4) is 0 Å². The summed E-state index contributed by atoms with van der Waals surface area (Å²) < 4.78 is 7.29. The van der Waals surface area contributed by atoms with E-state index in [1.165, 1.54) is 6.07 Å². The van der Waals surface area contributed by atoms with E-state index in [-0.39, 0.29) is 11.3 Å². The first-order chi connectivity index (χ1) is 17.5. The van der Waals surface area contributed by atoms with Crippen molar-refractivity contribution in [3.63, 3.8) is 0 Å². The second-order valence-corrected chi connectivity index (χ2v) is 8.34. The van der Waals surface area contributed by atoms with E-state index in [4.69, 9.17) is 9.52 Å². The Bertz CT molecular complexity index is 1660. The number of benzene rings is 2. The molecule has 0 aliphatic heterocycles. The Morgan fingerprint density at radius 3 is 2.64 bits per heavy atom. The fourth-order valence-electron chi connectivity index (χ4n) is 4.32. The predicted octanol–water partition coefficient (Wildman–Crippen LogP) is 4.73.